The summed E-state index contributed by atoms with van der Waals surface area (Å²) in [6.45, 7) is -0.554. The first-order valence-electron chi connectivity index (χ1n) is 9.38. The molecule has 0 saturated carbocycles. The number of ether oxygens (including phenoxy) is 2. The molecule has 1 N–H and O–H groups in total. The van der Waals surface area contributed by atoms with Crippen molar-refractivity contribution >= 4 is 17.6 Å². The van der Waals surface area contributed by atoms with Crippen LogP contribution in [0.15, 0.2) is 72.8 Å². The first-order chi connectivity index (χ1) is 15.0. The van der Waals surface area contributed by atoms with Gasteiger partial charge in [-0.3, -0.25) is 19.7 Å². The van der Waals surface area contributed by atoms with Crippen molar-refractivity contribution in [2.24, 2.45) is 0 Å². The van der Waals surface area contributed by atoms with Crippen LogP contribution in [0.4, 0.5) is 5.69 Å². The van der Waals surface area contributed by atoms with E-state index in [9.17, 15) is 19.7 Å². The Morgan fingerprint density at radius 2 is 1.65 bits per heavy atom. The lowest BCUT2D eigenvalue weighted by Crippen LogP contribution is -2.30. The Labute approximate surface area is 178 Å². The Morgan fingerprint density at radius 1 is 0.968 bits per heavy atom. The smallest absolute Gasteiger partial charge is 0.325 e. The molecule has 0 bridgehead atoms. The molecule has 0 aromatic heterocycles. The topological polar surface area (TPSA) is 108 Å². The van der Waals surface area contributed by atoms with E-state index in [1.165, 1.54) is 25.3 Å². The van der Waals surface area contributed by atoms with E-state index < -0.39 is 16.8 Å². The molecule has 0 fully saturated rings. The lowest BCUT2D eigenvalue weighted by Gasteiger charge is -2.10. The van der Waals surface area contributed by atoms with Gasteiger partial charge in [-0.1, -0.05) is 42.5 Å². The average molecular weight is 420 g/mol. The predicted octanol–water partition coefficient (Wildman–Crippen LogP) is 3.74. The number of non-ortho nitro benzene ring substituents is 1. The van der Waals surface area contributed by atoms with Gasteiger partial charge < -0.3 is 14.8 Å². The van der Waals surface area contributed by atoms with Gasteiger partial charge in [-0.05, 0) is 29.3 Å². The highest BCUT2D eigenvalue weighted by molar-refractivity contribution is 5.96. The molecule has 31 heavy (non-hydrogen) atoms. The zero-order valence-electron chi connectivity index (χ0n) is 16.7. The van der Waals surface area contributed by atoms with Crippen molar-refractivity contribution in [3.05, 3.63) is 94.0 Å². The maximum Gasteiger partial charge on any atom is 0.325 e. The van der Waals surface area contributed by atoms with Crippen LogP contribution in [0.25, 0.3) is 11.1 Å². The molecule has 8 heteroatoms. The largest absolute Gasteiger partial charge is 0.496 e. The number of benzene rings is 3. The molecule has 3 aromatic carbocycles. The van der Waals surface area contributed by atoms with E-state index in [2.05, 4.69) is 5.32 Å². The molecule has 8 nitrogen and oxygen atoms in total. The fourth-order valence-corrected chi connectivity index (χ4v) is 2.90. The fourth-order valence-electron chi connectivity index (χ4n) is 2.90. The van der Waals surface area contributed by atoms with E-state index >= 15 is 0 Å². The molecule has 0 aliphatic rings. The summed E-state index contributed by atoms with van der Waals surface area (Å²) in [5.74, 6) is -0.728. The molecule has 3 rings (SSSR count). The molecule has 0 atom stereocenters. The van der Waals surface area contributed by atoms with Crippen LogP contribution in [-0.4, -0.2) is 30.5 Å². The van der Waals surface area contributed by atoms with Crippen LogP contribution < -0.4 is 10.1 Å². The van der Waals surface area contributed by atoms with Crippen molar-refractivity contribution in [1.82, 2.24) is 5.32 Å². The van der Waals surface area contributed by atoms with Gasteiger partial charge in [-0.2, -0.15) is 0 Å². The Balaban J connectivity index is 1.53. The van der Waals surface area contributed by atoms with E-state index in [0.717, 1.165) is 11.1 Å². The minimum atomic E-state index is -0.678. The number of esters is 1. The lowest BCUT2D eigenvalue weighted by molar-refractivity contribution is -0.385. The normalized spacial score (nSPS) is 10.2. The summed E-state index contributed by atoms with van der Waals surface area (Å²) in [6.07, 6.45) is 0. The summed E-state index contributed by atoms with van der Waals surface area (Å²) >= 11 is 0. The van der Waals surface area contributed by atoms with Crippen LogP contribution in [0.1, 0.15) is 15.9 Å². The highest BCUT2D eigenvalue weighted by Gasteiger charge is 2.14. The molecule has 0 aliphatic heterocycles. The molecular weight excluding hydrogens is 400 g/mol. The van der Waals surface area contributed by atoms with Crippen LogP contribution in [0.5, 0.6) is 5.75 Å². The van der Waals surface area contributed by atoms with Crippen molar-refractivity contribution < 1.29 is 24.0 Å². The zero-order valence-corrected chi connectivity index (χ0v) is 16.7. The van der Waals surface area contributed by atoms with Crippen molar-refractivity contribution in [2.45, 2.75) is 6.61 Å². The average Bonchev–Trinajstić information content (AvgIpc) is 2.81. The number of carbonyl (C=O) groups excluding carboxylic acids is 2. The summed E-state index contributed by atoms with van der Waals surface area (Å²) in [5, 5.41) is 13.4. The van der Waals surface area contributed by atoms with E-state index in [0.29, 0.717) is 16.9 Å². The highest BCUT2D eigenvalue weighted by atomic mass is 16.6. The van der Waals surface area contributed by atoms with Crippen molar-refractivity contribution in [3.63, 3.8) is 0 Å². The second kappa shape index (κ2) is 10.0. The fraction of sp³-hybridized carbons (Fsp3) is 0.130. The third-order valence-electron chi connectivity index (χ3n) is 4.51. The third-order valence-corrected chi connectivity index (χ3v) is 4.51. The number of carbonyl (C=O) groups is 2. The summed E-state index contributed by atoms with van der Waals surface area (Å²) in [7, 11) is 1.41. The Hall–Kier alpha value is -4.20. The summed E-state index contributed by atoms with van der Waals surface area (Å²) in [5.41, 5.74) is 2.64. The van der Waals surface area contributed by atoms with Crippen LogP contribution in [0.2, 0.25) is 0 Å². The Kier molecular flexibility index (Phi) is 6.95. The van der Waals surface area contributed by atoms with Gasteiger partial charge in [-0.15, -0.1) is 0 Å². The van der Waals surface area contributed by atoms with Gasteiger partial charge in [0.25, 0.3) is 11.6 Å². The van der Waals surface area contributed by atoms with Gasteiger partial charge in [0.2, 0.25) is 0 Å². The quantitative estimate of drug-likeness (QED) is 0.338. The predicted molar refractivity (Wildman–Crippen MR) is 114 cm³/mol. The molecule has 0 spiro atoms. The molecule has 3 aromatic rings. The van der Waals surface area contributed by atoms with Crippen molar-refractivity contribution in [3.8, 4) is 16.9 Å². The summed E-state index contributed by atoms with van der Waals surface area (Å²) in [6, 6.07) is 20.8. The minimum absolute atomic E-state index is 0.140. The number of methoxy groups -OCH3 is 1. The summed E-state index contributed by atoms with van der Waals surface area (Å²) in [4.78, 5) is 34.6. The molecule has 0 radical (unpaired) electrons. The number of hydrogen-bond donors (Lipinski definition) is 1. The van der Waals surface area contributed by atoms with E-state index in [1.54, 1.807) is 12.1 Å². The van der Waals surface area contributed by atoms with E-state index in [-0.39, 0.29) is 18.8 Å². The number of nitro groups is 1. The number of amides is 1. The van der Waals surface area contributed by atoms with E-state index in [1.807, 2.05) is 42.5 Å². The second-order valence-corrected chi connectivity index (χ2v) is 6.54. The number of rotatable bonds is 8. The second-order valence-electron chi connectivity index (χ2n) is 6.54. The van der Waals surface area contributed by atoms with Crippen LogP contribution in [0, 0.1) is 10.1 Å². The zero-order chi connectivity index (χ0) is 22.2. The first-order valence-corrected chi connectivity index (χ1v) is 9.38. The Bertz CT molecular complexity index is 1080. The maximum atomic E-state index is 12.3. The lowest BCUT2D eigenvalue weighted by atomic mass is 10.0. The van der Waals surface area contributed by atoms with Gasteiger partial charge in [0, 0.05) is 23.3 Å². The van der Waals surface area contributed by atoms with Crippen molar-refractivity contribution in [2.75, 3.05) is 13.7 Å². The number of nitro benzene ring substituents is 1. The number of hydrogen-bond acceptors (Lipinski definition) is 6. The standard InChI is InChI=1S/C23H20N2O6/c1-30-21-12-11-20(25(28)29)13-19(21)15-31-22(26)14-24-23(27)18-9-7-17(8-10-18)16-5-3-2-4-6-16/h2-13H,14-15H2,1H3,(H,24,27). The Morgan fingerprint density at radius 3 is 2.29 bits per heavy atom. The molecule has 0 unspecified atom stereocenters. The SMILES string of the molecule is COc1ccc([N+](=O)[O-])cc1COC(=O)CNC(=O)c1ccc(-c2ccccc2)cc1. The van der Waals surface area contributed by atoms with E-state index in [4.69, 9.17) is 9.47 Å². The first kappa shape index (κ1) is 21.5. The molecule has 0 aliphatic carbocycles. The van der Waals surface area contributed by atoms with Crippen LogP contribution in [0.3, 0.4) is 0 Å². The van der Waals surface area contributed by atoms with Gasteiger partial charge in [0.1, 0.15) is 18.9 Å². The van der Waals surface area contributed by atoms with Gasteiger partial charge in [-0.25, -0.2) is 0 Å². The monoisotopic (exact) mass is 420 g/mol. The molecule has 158 valence electrons. The van der Waals surface area contributed by atoms with Gasteiger partial charge in [0.05, 0.1) is 12.0 Å². The summed E-state index contributed by atoms with van der Waals surface area (Å²) < 4.78 is 10.2. The van der Waals surface area contributed by atoms with Gasteiger partial charge >= 0.3 is 5.97 Å². The van der Waals surface area contributed by atoms with Crippen LogP contribution >= 0.6 is 0 Å². The van der Waals surface area contributed by atoms with Gasteiger partial charge in [0.15, 0.2) is 0 Å². The highest BCUT2D eigenvalue weighted by Crippen LogP contribution is 2.24. The minimum Gasteiger partial charge on any atom is -0.496 e. The number of nitrogens with one attached hydrogen (secondary N) is 1. The maximum absolute atomic E-state index is 12.3. The third kappa shape index (κ3) is 5.66. The molecule has 0 heterocycles. The molecular formula is C23H20N2O6. The van der Waals surface area contributed by atoms with Crippen molar-refractivity contribution in [1.29, 1.82) is 0 Å². The van der Waals surface area contributed by atoms with Crippen LogP contribution in [-0.2, 0) is 16.1 Å². The molecule has 1 amide bonds. The number of nitrogens with zero attached hydrogens (tertiary/aromatic N) is 1. The molecule has 0 saturated heterocycles.